The summed E-state index contributed by atoms with van der Waals surface area (Å²) in [5.74, 6) is 1.52. The van der Waals surface area contributed by atoms with Crippen LogP contribution < -0.4 is 15.5 Å². The average molecular weight is 397 g/mol. The van der Waals surface area contributed by atoms with Gasteiger partial charge in [0, 0.05) is 17.4 Å². The Kier molecular flexibility index (Phi) is 6.71. The van der Waals surface area contributed by atoms with Crippen LogP contribution in [-0.4, -0.2) is 29.1 Å². The molecule has 28 heavy (non-hydrogen) atoms. The van der Waals surface area contributed by atoms with Crippen molar-refractivity contribution in [3.05, 3.63) is 54.1 Å². The fraction of sp³-hybridized carbons (Fsp3) is 0.286. The number of benzene rings is 2. The van der Waals surface area contributed by atoms with Crippen molar-refractivity contribution in [1.82, 2.24) is 5.43 Å². The van der Waals surface area contributed by atoms with Crippen molar-refractivity contribution in [2.24, 2.45) is 16.0 Å². The van der Waals surface area contributed by atoms with E-state index in [0.29, 0.717) is 6.61 Å². The van der Waals surface area contributed by atoms with E-state index in [1.54, 1.807) is 11.8 Å². The smallest absolute Gasteiger partial charge is 0.226 e. The summed E-state index contributed by atoms with van der Waals surface area (Å²) in [7, 11) is 0. The first-order valence-corrected chi connectivity index (χ1v) is 10.2. The molecular weight excluding hydrogens is 372 g/mol. The van der Waals surface area contributed by atoms with Gasteiger partial charge in [-0.25, -0.2) is 4.99 Å². The topological polar surface area (TPSA) is 75.1 Å². The molecule has 2 N–H and O–H groups in total. The highest BCUT2D eigenvalue weighted by atomic mass is 32.2. The van der Waals surface area contributed by atoms with Gasteiger partial charge in [-0.3, -0.25) is 10.2 Å². The number of amidine groups is 1. The van der Waals surface area contributed by atoms with Gasteiger partial charge in [-0.1, -0.05) is 37.7 Å². The molecular formula is C21H24N4O2S. The third kappa shape index (κ3) is 5.36. The molecule has 1 heterocycles. The minimum absolute atomic E-state index is 0.00937. The highest BCUT2D eigenvalue weighted by molar-refractivity contribution is 8.14. The number of nitrogens with one attached hydrogen (secondary N) is 2. The van der Waals surface area contributed by atoms with E-state index >= 15 is 0 Å². The van der Waals surface area contributed by atoms with Crippen LogP contribution in [0.4, 0.5) is 11.4 Å². The fourth-order valence-electron chi connectivity index (χ4n) is 2.46. The Labute approximate surface area is 169 Å². The molecule has 7 heteroatoms. The summed E-state index contributed by atoms with van der Waals surface area (Å²) in [5, 5.41) is 8.09. The van der Waals surface area contributed by atoms with E-state index in [4.69, 9.17) is 4.74 Å². The molecule has 0 atom stereocenters. The maximum Gasteiger partial charge on any atom is 0.226 e. The van der Waals surface area contributed by atoms with E-state index < -0.39 is 0 Å². The number of carbonyl (C=O) groups is 1. The predicted molar refractivity (Wildman–Crippen MR) is 117 cm³/mol. The summed E-state index contributed by atoms with van der Waals surface area (Å²) in [6.45, 7) is 6.35. The van der Waals surface area contributed by atoms with E-state index in [2.05, 4.69) is 20.8 Å². The maximum absolute atomic E-state index is 11.8. The van der Waals surface area contributed by atoms with Crippen molar-refractivity contribution in [2.45, 2.75) is 20.8 Å². The molecule has 0 aromatic heterocycles. The second-order valence-corrected chi connectivity index (χ2v) is 7.49. The molecule has 1 aliphatic rings. The molecule has 1 amide bonds. The number of ether oxygens (including phenoxy) is 1. The van der Waals surface area contributed by atoms with Crippen LogP contribution in [0, 0.1) is 5.92 Å². The van der Waals surface area contributed by atoms with Crippen molar-refractivity contribution in [1.29, 1.82) is 0 Å². The standard InChI is InChI=1S/C21H24N4O2S/c1-4-27-18-11-9-17(10-12-18)23-21-25-24-19(13-28-21)15-5-7-16(8-6-15)22-20(26)14(2)3/h5-12,14H,4,13H2,1-3H3,(H,22,26)(H,23,25). The number of nitrogens with zero attached hydrogens (tertiary/aromatic N) is 2. The summed E-state index contributed by atoms with van der Waals surface area (Å²) >= 11 is 1.60. The number of hydrazone groups is 1. The van der Waals surface area contributed by atoms with E-state index in [0.717, 1.165) is 39.3 Å². The van der Waals surface area contributed by atoms with Crippen LogP contribution in [0.15, 0.2) is 58.6 Å². The number of hydrogen-bond donors (Lipinski definition) is 2. The molecule has 0 spiro atoms. The Balaban J connectivity index is 1.62. The lowest BCUT2D eigenvalue weighted by atomic mass is 10.1. The van der Waals surface area contributed by atoms with Gasteiger partial charge in [0.2, 0.25) is 5.91 Å². The molecule has 6 nitrogen and oxygen atoms in total. The molecule has 0 saturated carbocycles. The molecule has 146 valence electrons. The molecule has 0 bridgehead atoms. The Morgan fingerprint density at radius 2 is 1.93 bits per heavy atom. The van der Waals surface area contributed by atoms with Gasteiger partial charge in [0.1, 0.15) is 5.75 Å². The minimum atomic E-state index is -0.0453. The number of rotatable bonds is 6. The van der Waals surface area contributed by atoms with Gasteiger partial charge in [0.25, 0.3) is 0 Å². The first-order chi connectivity index (χ1) is 13.5. The molecule has 1 aliphatic heterocycles. The van der Waals surface area contributed by atoms with Gasteiger partial charge in [-0.15, -0.1) is 0 Å². The molecule has 0 aliphatic carbocycles. The SMILES string of the molecule is CCOc1ccc(N=C2NN=C(c3ccc(NC(=O)C(C)C)cc3)CS2)cc1. The zero-order valence-corrected chi connectivity index (χ0v) is 17.0. The zero-order chi connectivity index (χ0) is 19.9. The Morgan fingerprint density at radius 3 is 2.50 bits per heavy atom. The monoisotopic (exact) mass is 396 g/mol. The Bertz CT molecular complexity index is 874. The lowest BCUT2D eigenvalue weighted by Crippen LogP contribution is -2.25. The predicted octanol–water partition coefficient (Wildman–Crippen LogP) is 4.41. The Morgan fingerprint density at radius 1 is 1.21 bits per heavy atom. The number of amides is 1. The van der Waals surface area contributed by atoms with E-state index in [-0.39, 0.29) is 11.8 Å². The van der Waals surface area contributed by atoms with Gasteiger partial charge in [-0.2, -0.15) is 5.10 Å². The lowest BCUT2D eigenvalue weighted by molar-refractivity contribution is -0.118. The van der Waals surface area contributed by atoms with Gasteiger partial charge in [0.05, 0.1) is 18.0 Å². The Hall–Kier alpha value is -2.80. The molecule has 0 fully saturated rings. The third-order valence-electron chi connectivity index (χ3n) is 4.02. The second-order valence-electron chi connectivity index (χ2n) is 6.52. The van der Waals surface area contributed by atoms with E-state index in [9.17, 15) is 4.79 Å². The summed E-state index contributed by atoms with van der Waals surface area (Å²) in [6, 6.07) is 15.4. The number of carbonyl (C=O) groups excluding carboxylic acids is 1. The van der Waals surface area contributed by atoms with Crippen molar-refractivity contribution in [3.8, 4) is 5.75 Å². The number of aliphatic imine (C=N–C) groups is 1. The first-order valence-electron chi connectivity index (χ1n) is 9.23. The minimum Gasteiger partial charge on any atom is -0.494 e. The van der Waals surface area contributed by atoms with Crippen LogP contribution in [0.3, 0.4) is 0 Å². The lowest BCUT2D eigenvalue weighted by Gasteiger charge is -2.15. The van der Waals surface area contributed by atoms with Crippen molar-refractivity contribution in [2.75, 3.05) is 17.7 Å². The zero-order valence-electron chi connectivity index (χ0n) is 16.2. The quantitative estimate of drug-likeness (QED) is 0.758. The van der Waals surface area contributed by atoms with Gasteiger partial charge >= 0.3 is 0 Å². The molecule has 3 rings (SSSR count). The van der Waals surface area contributed by atoms with Crippen LogP contribution in [0.25, 0.3) is 0 Å². The van der Waals surface area contributed by atoms with Gasteiger partial charge < -0.3 is 10.1 Å². The maximum atomic E-state index is 11.8. The largest absolute Gasteiger partial charge is 0.494 e. The molecule has 0 unspecified atom stereocenters. The van der Waals surface area contributed by atoms with Crippen molar-refractivity contribution >= 4 is 39.9 Å². The van der Waals surface area contributed by atoms with Crippen LogP contribution in [0.1, 0.15) is 26.3 Å². The molecule has 2 aromatic rings. The summed E-state index contributed by atoms with van der Waals surface area (Å²) < 4.78 is 5.44. The van der Waals surface area contributed by atoms with Crippen LogP contribution in [-0.2, 0) is 4.79 Å². The van der Waals surface area contributed by atoms with E-state index in [1.807, 2.05) is 69.3 Å². The van der Waals surface area contributed by atoms with Crippen molar-refractivity contribution < 1.29 is 9.53 Å². The van der Waals surface area contributed by atoms with Crippen LogP contribution in [0.5, 0.6) is 5.75 Å². The summed E-state index contributed by atoms with van der Waals surface area (Å²) in [4.78, 5) is 16.3. The van der Waals surface area contributed by atoms with Crippen LogP contribution >= 0.6 is 11.8 Å². The fourth-order valence-corrected chi connectivity index (χ4v) is 3.24. The van der Waals surface area contributed by atoms with Gasteiger partial charge in [-0.05, 0) is 48.9 Å². The highest BCUT2D eigenvalue weighted by Crippen LogP contribution is 2.22. The van der Waals surface area contributed by atoms with Gasteiger partial charge in [0.15, 0.2) is 5.17 Å². The molecule has 0 radical (unpaired) electrons. The second kappa shape index (κ2) is 9.41. The number of anilines is 1. The average Bonchev–Trinajstić information content (AvgIpc) is 2.71. The highest BCUT2D eigenvalue weighted by Gasteiger charge is 2.14. The number of hydrogen-bond acceptors (Lipinski definition) is 5. The van der Waals surface area contributed by atoms with Crippen LogP contribution in [0.2, 0.25) is 0 Å². The molecule has 2 aromatic carbocycles. The number of thioether (sulfide) groups is 1. The summed E-state index contributed by atoms with van der Waals surface area (Å²) in [5.41, 5.74) is 6.61. The summed E-state index contributed by atoms with van der Waals surface area (Å²) in [6.07, 6.45) is 0. The van der Waals surface area contributed by atoms with E-state index in [1.165, 1.54) is 0 Å². The molecule has 0 saturated heterocycles. The first kappa shape index (κ1) is 19.9. The van der Waals surface area contributed by atoms with Crippen molar-refractivity contribution in [3.63, 3.8) is 0 Å². The normalized spacial score (nSPS) is 15.1. The third-order valence-corrected chi connectivity index (χ3v) is 4.89.